The molecule has 2 aliphatic carbocycles. The second-order valence-corrected chi connectivity index (χ2v) is 51.1. The molecule has 0 radical (unpaired) electrons. The number of allylic oxidation sites excluding steroid dienone is 4. The van der Waals surface area contributed by atoms with Crippen LogP contribution < -0.4 is 4.90 Å². The van der Waals surface area contributed by atoms with Crippen molar-refractivity contribution >= 4 is 43.5 Å². The van der Waals surface area contributed by atoms with Crippen LogP contribution in [-0.2, 0) is 33.6 Å². The zero-order valence-electron chi connectivity index (χ0n) is 38.0. The summed E-state index contributed by atoms with van der Waals surface area (Å²) in [6.07, 6.45) is 7.76. The van der Waals surface area contributed by atoms with Crippen molar-refractivity contribution < 1.29 is 17.4 Å². The van der Waals surface area contributed by atoms with E-state index in [-0.39, 0.29) is 41.1 Å². The van der Waals surface area contributed by atoms with Gasteiger partial charge in [-0.15, -0.1) is 24.8 Å². The summed E-state index contributed by atoms with van der Waals surface area (Å²) in [5.41, 5.74) is 20.0. The van der Waals surface area contributed by atoms with Crippen LogP contribution in [-0.4, -0.2) is 12.9 Å². The molecule has 7 rings (SSSR count). The molecule has 0 saturated carbocycles. The zero-order valence-corrected chi connectivity index (χ0v) is 43.5. The molecule has 0 amide bonds. The van der Waals surface area contributed by atoms with Gasteiger partial charge in [-0.05, 0) is 0 Å². The van der Waals surface area contributed by atoms with E-state index in [0.29, 0.717) is 15.6 Å². The standard InChI is InChI=1S/C30H33.C21H26N.2CH3.2ClH.H2Si.Zr/c1-20-16-24-18-23(21-8-12-25(13-9-21)29(2,3)4)19-28(27(24)17-20)22-10-14-26(15-11-22)30(5,6)7;1-14(2)16-12-17-11-15(3)22(20(17)13-16)19-9-7-18(8-10-19)21(4,5)6;;;;;;/h8-19H,1-7H3;7-11,13-15H,1-6H3;2*1H3;2*1H;1H2;. The fraction of sp³-hybridized carbons (Fsp3) is 0.396. The van der Waals surface area contributed by atoms with Crippen LogP contribution in [0.2, 0.25) is 9.26 Å². The van der Waals surface area contributed by atoms with Gasteiger partial charge in [0, 0.05) is 0 Å². The maximum Gasteiger partial charge on any atom is -0.147 e. The van der Waals surface area contributed by atoms with Gasteiger partial charge in [-0.3, -0.25) is 0 Å². The Kier molecular flexibility index (Phi) is 12.5. The van der Waals surface area contributed by atoms with E-state index in [9.17, 15) is 0 Å². The fourth-order valence-corrected chi connectivity index (χ4v) is 29.1. The number of hydrogen-bond acceptors (Lipinski definition) is 1. The zero-order chi connectivity index (χ0) is 40.9. The maximum absolute atomic E-state index is 3.95. The van der Waals surface area contributed by atoms with E-state index in [1.165, 1.54) is 72.6 Å². The number of fused-ring (bicyclic) bond motifs is 2. The molecule has 308 valence electrons. The van der Waals surface area contributed by atoms with Crippen LogP contribution in [0.25, 0.3) is 28.3 Å². The van der Waals surface area contributed by atoms with Gasteiger partial charge in [0.2, 0.25) is 0 Å². The van der Waals surface area contributed by atoms with Crippen molar-refractivity contribution in [3.8, 4) is 22.3 Å². The summed E-state index contributed by atoms with van der Waals surface area (Å²) in [5.74, 6) is 0.441. The Labute approximate surface area is 366 Å². The second kappa shape index (κ2) is 15.7. The number of halogens is 2. The van der Waals surface area contributed by atoms with Crippen molar-refractivity contribution in [1.82, 2.24) is 0 Å². The van der Waals surface area contributed by atoms with E-state index in [1.54, 1.807) is 8.85 Å². The van der Waals surface area contributed by atoms with Crippen LogP contribution in [0.15, 0.2) is 123 Å². The second-order valence-electron chi connectivity index (χ2n) is 21.8. The quantitative estimate of drug-likeness (QED) is 0.174. The van der Waals surface area contributed by atoms with E-state index in [1.807, 2.05) is 0 Å². The van der Waals surface area contributed by atoms with Crippen molar-refractivity contribution in [2.75, 3.05) is 4.90 Å². The third-order valence-corrected chi connectivity index (χ3v) is 29.4. The Balaban J connectivity index is 0.00000320. The normalized spacial score (nSPS) is 18.4. The number of rotatable bonds is 6. The van der Waals surface area contributed by atoms with E-state index in [4.69, 9.17) is 0 Å². The Morgan fingerprint density at radius 2 is 1.10 bits per heavy atom. The monoisotopic (exact) mass is 907 g/mol. The van der Waals surface area contributed by atoms with Gasteiger partial charge < -0.3 is 0 Å². The van der Waals surface area contributed by atoms with Crippen LogP contribution in [0.4, 0.5) is 5.69 Å². The number of anilines is 1. The Morgan fingerprint density at radius 3 is 1.57 bits per heavy atom. The maximum atomic E-state index is 2.76. The first kappa shape index (κ1) is 46.4. The third kappa shape index (κ3) is 8.21. The van der Waals surface area contributed by atoms with Gasteiger partial charge in [-0.25, -0.2) is 0 Å². The summed E-state index contributed by atoms with van der Waals surface area (Å²) in [4.78, 5) is 2.61. The third-order valence-electron chi connectivity index (χ3n) is 13.1. The van der Waals surface area contributed by atoms with Crippen LogP contribution in [0.5, 0.6) is 0 Å². The average Bonchev–Trinajstić information content (AvgIpc) is 3.75. The summed E-state index contributed by atoms with van der Waals surface area (Å²) in [6.45, 7) is 32.8. The molecule has 1 heterocycles. The van der Waals surface area contributed by atoms with Gasteiger partial charge in [-0.2, -0.15) is 0 Å². The van der Waals surface area contributed by atoms with Crippen LogP contribution in [0.1, 0.15) is 121 Å². The minimum absolute atomic E-state index is 0. The van der Waals surface area contributed by atoms with Crippen molar-refractivity contribution in [2.45, 2.75) is 125 Å². The number of benzene rings is 4. The molecular formula is C53H69Cl2NSiZr. The molecular weight excluding hydrogens is 841 g/mol. The van der Waals surface area contributed by atoms with Crippen LogP contribution in [0.3, 0.4) is 0 Å². The molecule has 0 saturated heterocycles. The van der Waals surface area contributed by atoms with E-state index in [2.05, 4.69) is 214 Å². The molecule has 0 aromatic heterocycles. The predicted molar refractivity (Wildman–Crippen MR) is 261 cm³/mol. The van der Waals surface area contributed by atoms with Crippen molar-refractivity contribution in [2.24, 2.45) is 5.92 Å². The summed E-state index contributed by atoms with van der Waals surface area (Å²) in [6, 6.07) is 33.6. The SMILES string of the molecule is CC1=Cc2c(-c3ccc(C(C)(C)C)cc3)cc(-c3ccc(C(C)(C)C)cc3)cc2[CH]1[Zr]([CH3])([CH3])(=[SiH2])[C]1=C(C(C)C)C=C2C1=CC(C)N2c1ccc(C(C)(C)C)cc1.Cl.Cl. The first-order chi connectivity index (χ1) is 25.8. The van der Waals surface area contributed by atoms with Gasteiger partial charge in [0.15, 0.2) is 0 Å². The Hall–Kier alpha value is -2.68. The fourth-order valence-electron chi connectivity index (χ4n) is 10.1. The Morgan fingerprint density at radius 1 is 0.638 bits per heavy atom. The molecule has 2 atom stereocenters. The van der Waals surface area contributed by atoms with Gasteiger partial charge in [0.1, 0.15) is 0 Å². The molecule has 0 spiro atoms. The number of hydrogen-bond donors (Lipinski definition) is 0. The van der Waals surface area contributed by atoms with Crippen molar-refractivity contribution in [3.63, 3.8) is 0 Å². The van der Waals surface area contributed by atoms with Crippen molar-refractivity contribution in [3.05, 3.63) is 151 Å². The van der Waals surface area contributed by atoms with E-state index < -0.39 is 17.4 Å². The van der Waals surface area contributed by atoms with Gasteiger partial charge in [0.05, 0.1) is 0 Å². The molecule has 0 bridgehead atoms. The van der Waals surface area contributed by atoms with Crippen molar-refractivity contribution in [1.29, 1.82) is 0 Å². The van der Waals surface area contributed by atoms with E-state index >= 15 is 0 Å². The van der Waals surface area contributed by atoms with Gasteiger partial charge in [-0.1, -0.05) is 0 Å². The van der Waals surface area contributed by atoms with Crippen LogP contribution >= 0.6 is 24.8 Å². The van der Waals surface area contributed by atoms with Crippen LogP contribution in [0, 0.1) is 5.92 Å². The largest absolute Gasteiger partial charge is 0.147 e. The first-order valence-corrected chi connectivity index (χ1v) is 34.6. The molecule has 1 nitrogen and oxygen atoms in total. The molecule has 4 aromatic carbocycles. The molecule has 2 unspecified atom stereocenters. The summed E-state index contributed by atoms with van der Waals surface area (Å²) >= 11 is -3.95. The molecule has 3 aliphatic rings. The Bertz CT molecular complexity index is 2410. The van der Waals surface area contributed by atoms with Gasteiger partial charge in [0.25, 0.3) is 0 Å². The van der Waals surface area contributed by atoms with E-state index in [0.717, 1.165) is 0 Å². The molecule has 0 N–H and O–H groups in total. The minimum atomic E-state index is -3.95. The molecule has 1 aliphatic heterocycles. The topological polar surface area (TPSA) is 3.24 Å². The summed E-state index contributed by atoms with van der Waals surface area (Å²) in [7, 11) is 0. The summed E-state index contributed by atoms with van der Waals surface area (Å²) < 4.78 is 7.65. The molecule has 58 heavy (non-hydrogen) atoms. The first-order valence-electron chi connectivity index (χ1n) is 21.1. The number of nitrogens with zero attached hydrogens (tertiary/aromatic N) is 1. The van der Waals surface area contributed by atoms with Gasteiger partial charge >= 0.3 is 345 Å². The average molecular weight is 910 g/mol. The predicted octanol–water partition coefficient (Wildman–Crippen LogP) is 15.2. The molecule has 0 fully saturated rings. The summed E-state index contributed by atoms with van der Waals surface area (Å²) in [5, 5.41) is 0. The molecule has 5 heteroatoms. The molecule has 4 aromatic rings. The smallest absolute Gasteiger partial charge is 0.147 e. The minimum Gasteiger partial charge on any atom is -0.147 e.